The largest absolute Gasteiger partial charge is 0.117 e. The highest BCUT2D eigenvalue weighted by molar-refractivity contribution is 6.22. The molecule has 0 N–H and O–H groups in total. The van der Waals surface area contributed by atoms with Gasteiger partial charge in [0.1, 0.15) is 0 Å². The van der Waals surface area contributed by atoms with E-state index < -0.39 is 0 Å². The van der Waals surface area contributed by atoms with Crippen LogP contribution < -0.4 is 0 Å². The first-order valence-corrected chi connectivity index (χ1v) is 7.76. The summed E-state index contributed by atoms with van der Waals surface area (Å²) in [6.45, 7) is 4.27. The number of hydrogen-bond acceptors (Lipinski definition) is 0. The van der Waals surface area contributed by atoms with Gasteiger partial charge in [-0.05, 0) is 47.7 Å². The molecule has 3 rings (SSSR count). The molecule has 0 bridgehead atoms. The standard InChI is InChI=1S/C20H19Cl/c1-14-6-5-7-16(12-14)13-19(21)20-15(2)10-11-17-8-3-4-9-18(17)20/h3-12,19H,13H2,1-2H3. The lowest BCUT2D eigenvalue weighted by Gasteiger charge is -2.16. The molecule has 21 heavy (non-hydrogen) atoms. The summed E-state index contributed by atoms with van der Waals surface area (Å²) in [6.07, 6.45) is 0.859. The zero-order valence-corrected chi connectivity index (χ0v) is 13.2. The van der Waals surface area contributed by atoms with Crippen molar-refractivity contribution in [3.8, 4) is 0 Å². The molecule has 3 aromatic carbocycles. The molecule has 0 saturated carbocycles. The van der Waals surface area contributed by atoms with Gasteiger partial charge in [0.05, 0.1) is 5.38 Å². The monoisotopic (exact) mass is 294 g/mol. The maximum Gasteiger partial charge on any atom is 0.0634 e. The number of aryl methyl sites for hydroxylation is 2. The van der Waals surface area contributed by atoms with Gasteiger partial charge in [-0.15, -0.1) is 11.6 Å². The van der Waals surface area contributed by atoms with Crippen LogP contribution in [-0.4, -0.2) is 0 Å². The van der Waals surface area contributed by atoms with Crippen molar-refractivity contribution in [1.82, 2.24) is 0 Å². The second-order valence-electron chi connectivity index (χ2n) is 5.68. The zero-order valence-electron chi connectivity index (χ0n) is 12.4. The van der Waals surface area contributed by atoms with Crippen LogP contribution >= 0.6 is 11.6 Å². The number of alkyl halides is 1. The topological polar surface area (TPSA) is 0 Å². The van der Waals surface area contributed by atoms with Crippen LogP contribution in [0.2, 0.25) is 0 Å². The normalized spacial score (nSPS) is 12.5. The summed E-state index contributed by atoms with van der Waals surface area (Å²) in [7, 11) is 0. The van der Waals surface area contributed by atoms with E-state index in [1.165, 1.54) is 33.0 Å². The van der Waals surface area contributed by atoms with Crippen molar-refractivity contribution >= 4 is 22.4 Å². The molecule has 0 nitrogen and oxygen atoms in total. The zero-order chi connectivity index (χ0) is 14.8. The molecule has 0 aliphatic rings. The molecule has 0 amide bonds. The van der Waals surface area contributed by atoms with E-state index in [-0.39, 0.29) is 5.38 Å². The number of halogens is 1. The Labute approximate surface area is 131 Å². The molecule has 0 spiro atoms. The second-order valence-corrected chi connectivity index (χ2v) is 6.20. The quantitative estimate of drug-likeness (QED) is 0.521. The van der Waals surface area contributed by atoms with Crippen LogP contribution in [-0.2, 0) is 6.42 Å². The molecule has 0 heterocycles. The Balaban J connectivity index is 2.01. The minimum atomic E-state index is -0.00194. The first kappa shape index (κ1) is 14.2. The first-order valence-electron chi connectivity index (χ1n) is 7.33. The SMILES string of the molecule is Cc1cccc(CC(Cl)c2c(C)ccc3ccccc23)c1. The van der Waals surface area contributed by atoms with Crippen LogP contribution in [0.15, 0.2) is 60.7 Å². The summed E-state index contributed by atoms with van der Waals surface area (Å²) in [6, 6.07) is 21.4. The minimum absolute atomic E-state index is 0.00194. The number of benzene rings is 3. The number of hydrogen-bond donors (Lipinski definition) is 0. The van der Waals surface area contributed by atoms with Crippen molar-refractivity contribution in [3.63, 3.8) is 0 Å². The van der Waals surface area contributed by atoms with Gasteiger partial charge in [-0.25, -0.2) is 0 Å². The Morgan fingerprint density at radius 3 is 2.52 bits per heavy atom. The maximum atomic E-state index is 6.78. The maximum absolute atomic E-state index is 6.78. The predicted octanol–water partition coefficient (Wildman–Crippen LogP) is 5.98. The summed E-state index contributed by atoms with van der Waals surface area (Å²) < 4.78 is 0. The molecule has 0 aliphatic carbocycles. The first-order chi connectivity index (χ1) is 10.1. The third-order valence-electron chi connectivity index (χ3n) is 4.00. The molecule has 0 fully saturated rings. The van der Waals surface area contributed by atoms with Gasteiger partial charge in [0.15, 0.2) is 0 Å². The van der Waals surface area contributed by atoms with E-state index in [0.29, 0.717) is 0 Å². The Kier molecular flexibility index (Phi) is 3.98. The molecule has 1 unspecified atom stereocenters. The molecule has 0 radical (unpaired) electrons. The summed E-state index contributed by atoms with van der Waals surface area (Å²) in [4.78, 5) is 0. The van der Waals surface area contributed by atoms with Gasteiger partial charge in [-0.3, -0.25) is 0 Å². The third-order valence-corrected chi connectivity index (χ3v) is 4.37. The average molecular weight is 295 g/mol. The third kappa shape index (κ3) is 2.96. The van der Waals surface area contributed by atoms with E-state index in [4.69, 9.17) is 11.6 Å². The fourth-order valence-electron chi connectivity index (χ4n) is 2.97. The smallest absolute Gasteiger partial charge is 0.0634 e. The molecule has 106 valence electrons. The van der Waals surface area contributed by atoms with Crippen LogP contribution in [0.5, 0.6) is 0 Å². The minimum Gasteiger partial charge on any atom is -0.117 e. The van der Waals surface area contributed by atoms with Crippen molar-refractivity contribution in [3.05, 3.63) is 82.9 Å². The van der Waals surface area contributed by atoms with E-state index >= 15 is 0 Å². The van der Waals surface area contributed by atoms with Gasteiger partial charge < -0.3 is 0 Å². The van der Waals surface area contributed by atoms with E-state index in [0.717, 1.165) is 6.42 Å². The lowest BCUT2D eigenvalue weighted by Crippen LogP contribution is -2.00. The predicted molar refractivity (Wildman–Crippen MR) is 92.2 cm³/mol. The Bertz CT molecular complexity index is 774. The highest BCUT2D eigenvalue weighted by atomic mass is 35.5. The lowest BCUT2D eigenvalue weighted by atomic mass is 9.94. The van der Waals surface area contributed by atoms with Crippen LogP contribution in [0, 0.1) is 13.8 Å². The Morgan fingerprint density at radius 2 is 1.71 bits per heavy atom. The van der Waals surface area contributed by atoms with Crippen LogP contribution in [0.4, 0.5) is 0 Å². The molecule has 0 saturated heterocycles. The summed E-state index contributed by atoms with van der Waals surface area (Å²) in [5, 5.41) is 2.52. The highest BCUT2D eigenvalue weighted by Crippen LogP contribution is 2.33. The van der Waals surface area contributed by atoms with Gasteiger partial charge in [0.25, 0.3) is 0 Å². The van der Waals surface area contributed by atoms with E-state index in [1.54, 1.807) is 0 Å². The van der Waals surface area contributed by atoms with Crippen molar-refractivity contribution in [2.75, 3.05) is 0 Å². The van der Waals surface area contributed by atoms with Gasteiger partial charge in [-0.1, -0.05) is 66.2 Å². The van der Waals surface area contributed by atoms with Crippen molar-refractivity contribution < 1.29 is 0 Å². The molecule has 0 aliphatic heterocycles. The molecule has 1 heteroatoms. The molecule has 0 aromatic heterocycles. The highest BCUT2D eigenvalue weighted by Gasteiger charge is 2.15. The van der Waals surface area contributed by atoms with E-state index in [9.17, 15) is 0 Å². The number of rotatable bonds is 3. The van der Waals surface area contributed by atoms with Gasteiger partial charge >= 0.3 is 0 Å². The molecule has 3 aromatic rings. The van der Waals surface area contributed by atoms with Gasteiger partial charge in [0.2, 0.25) is 0 Å². The Morgan fingerprint density at radius 1 is 0.905 bits per heavy atom. The van der Waals surface area contributed by atoms with Crippen LogP contribution in [0.1, 0.15) is 27.6 Å². The van der Waals surface area contributed by atoms with Crippen molar-refractivity contribution in [2.24, 2.45) is 0 Å². The fourth-order valence-corrected chi connectivity index (χ4v) is 3.44. The molecular formula is C20H19Cl. The Hall–Kier alpha value is -1.79. The molecular weight excluding hydrogens is 276 g/mol. The van der Waals surface area contributed by atoms with Gasteiger partial charge in [-0.2, -0.15) is 0 Å². The van der Waals surface area contributed by atoms with Crippen LogP contribution in [0.25, 0.3) is 10.8 Å². The number of fused-ring (bicyclic) bond motifs is 1. The van der Waals surface area contributed by atoms with E-state index in [2.05, 4.69) is 74.5 Å². The van der Waals surface area contributed by atoms with Crippen LogP contribution in [0.3, 0.4) is 0 Å². The average Bonchev–Trinajstić information content (AvgIpc) is 2.47. The summed E-state index contributed by atoms with van der Waals surface area (Å²) in [5.74, 6) is 0. The van der Waals surface area contributed by atoms with E-state index in [1.807, 2.05) is 0 Å². The van der Waals surface area contributed by atoms with Crippen molar-refractivity contribution in [1.29, 1.82) is 0 Å². The lowest BCUT2D eigenvalue weighted by molar-refractivity contribution is 0.917. The molecule has 1 atom stereocenters. The van der Waals surface area contributed by atoms with Crippen molar-refractivity contribution in [2.45, 2.75) is 25.6 Å². The fraction of sp³-hybridized carbons (Fsp3) is 0.200. The summed E-state index contributed by atoms with van der Waals surface area (Å²) in [5.41, 5.74) is 5.10. The van der Waals surface area contributed by atoms with Gasteiger partial charge in [0, 0.05) is 0 Å². The second kappa shape index (κ2) is 5.91. The summed E-state index contributed by atoms with van der Waals surface area (Å²) >= 11 is 6.78.